The van der Waals surface area contributed by atoms with Gasteiger partial charge >= 0.3 is 0 Å². The summed E-state index contributed by atoms with van der Waals surface area (Å²) in [7, 11) is 0. The van der Waals surface area contributed by atoms with Gasteiger partial charge < -0.3 is 80.9 Å². The van der Waals surface area contributed by atoms with Gasteiger partial charge in [0.05, 0.1) is 52.4 Å². The van der Waals surface area contributed by atoms with Crippen molar-refractivity contribution >= 4 is 41.4 Å². The molecule has 7 amide bonds. The van der Waals surface area contributed by atoms with E-state index < -0.39 is 54.8 Å². The van der Waals surface area contributed by atoms with E-state index in [4.69, 9.17) is 23.7 Å². The molecule has 23 heteroatoms. The standard InChI is InChI=1S/C51H93N7O16/c1-4-24-52-42(63)21-30-70-35-51(36-71-31-22-43(64)53-25-5-2,57-45(66)18-12-10-8-6-7-9-11-13-19-46(67)58-28-20-39(61)33-58)37-72-32-23-44(65)55-27-16-26-54-41(62)17-14-15-29-73-50-47(56-38(3)60)49(69)48(68)40(34-59)74-50/h39-40,47-50,59,61,68-69H,4-37H2,1-3H3,(H,52,63)(H,53,64)(H,54,62)(H,55,65)(H,56,60)(H,57,66)/t39-,40?,47?,48?,49?,50?/m1/s1. The maximum atomic E-state index is 13.5. The van der Waals surface area contributed by atoms with Gasteiger partial charge in [-0.3, -0.25) is 33.6 Å². The number of carbonyl (C=O) groups is 7. The normalized spacial score (nSPS) is 19.7. The number of amides is 7. The van der Waals surface area contributed by atoms with Gasteiger partial charge in [-0.1, -0.05) is 52.4 Å². The molecule has 5 unspecified atom stereocenters. The number of carbonyl (C=O) groups excluding carboxylic acids is 7. The maximum absolute atomic E-state index is 13.5. The highest BCUT2D eigenvalue weighted by atomic mass is 16.7. The lowest BCUT2D eigenvalue weighted by atomic mass is 9.97. The second kappa shape index (κ2) is 40.2. The van der Waals surface area contributed by atoms with E-state index >= 15 is 0 Å². The molecule has 0 aromatic rings. The Morgan fingerprint density at radius 1 is 0.581 bits per heavy atom. The highest BCUT2D eigenvalue weighted by Crippen LogP contribution is 2.23. The molecule has 0 bridgehead atoms. The van der Waals surface area contributed by atoms with Crippen LogP contribution in [0.5, 0.6) is 0 Å². The molecule has 10 N–H and O–H groups in total. The number of β-amino-alcohol motifs (C(OH)–C–C–N with tert-alkyl or cyclic N) is 1. The number of nitrogens with one attached hydrogen (secondary N) is 6. The van der Waals surface area contributed by atoms with Crippen LogP contribution in [0.4, 0.5) is 0 Å². The first-order valence-electron chi connectivity index (χ1n) is 27.2. The van der Waals surface area contributed by atoms with Gasteiger partial charge in [-0.2, -0.15) is 0 Å². The Morgan fingerprint density at radius 3 is 1.54 bits per heavy atom. The van der Waals surface area contributed by atoms with Gasteiger partial charge in [-0.05, 0) is 51.4 Å². The Labute approximate surface area is 438 Å². The monoisotopic (exact) mass is 1060 g/mol. The van der Waals surface area contributed by atoms with E-state index in [0.29, 0.717) is 77.8 Å². The SMILES string of the molecule is CCCNC(=O)CCOCC(COCCC(=O)NCCC)(COCCC(=O)NCCCNC(=O)CCCCOC1OC(CO)C(O)C(O)C1NC(C)=O)NC(=O)CCCCCCCCCCC(=O)N1CC[C@@H](O)C1. The van der Waals surface area contributed by atoms with Crippen LogP contribution in [0, 0.1) is 0 Å². The smallest absolute Gasteiger partial charge is 0.222 e. The summed E-state index contributed by atoms with van der Waals surface area (Å²) in [5.41, 5.74) is -1.20. The van der Waals surface area contributed by atoms with Crippen molar-refractivity contribution in [2.45, 2.75) is 191 Å². The quantitative estimate of drug-likeness (QED) is 0.0369. The molecule has 2 saturated heterocycles. The molecule has 6 atom stereocenters. The first-order chi connectivity index (χ1) is 35.6. The minimum absolute atomic E-state index is 0.00690. The van der Waals surface area contributed by atoms with Gasteiger partial charge in [0.25, 0.3) is 0 Å². The molecule has 0 aliphatic carbocycles. The van der Waals surface area contributed by atoms with E-state index in [1.54, 1.807) is 4.90 Å². The third kappa shape index (κ3) is 29.9. The van der Waals surface area contributed by atoms with Crippen LogP contribution in [-0.2, 0) is 57.2 Å². The number of hydrogen-bond acceptors (Lipinski definition) is 16. The lowest BCUT2D eigenvalue weighted by Crippen LogP contribution is -2.64. The summed E-state index contributed by atoms with van der Waals surface area (Å²) in [5.74, 6) is -1.38. The van der Waals surface area contributed by atoms with Gasteiger partial charge in [0.2, 0.25) is 41.4 Å². The number of aliphatic hydroxyl groups excluding tert-OH is 4. The number of hydrogen-bond donors (Lipinski definition) is 10. The third-order valence-electron chi connectivity index (χ3n) is 12.5. The molecule has 428 valence electrons. The predicted molar refractivity (Wildman–Crippen MR) is 273 cm³/mol. The Kier molecular flexibility index (Phi) is 35.9. The number of unbranched alkanes of at least 4 members (excludes halogenated alkanes) is 8. The number of likely N-dealkylation sites (tertiary alicyclic amines) is 1. The Morgan fingerprint density at radius 2 is 1.05 bits per heavy atom. The van der Waals surface area contributed by atoms with Crippen molar-refractivity contribution in [3.8, 4) is 0 Å². The largest absolute Gasteiger partial charge is 0.394 e. The van der Waals surface area contributed by atoms with Crippen LogP contribution in [0.25, 0.3) is 0 Å². The van der Waals surface area contributed by atoms with Gasteiger partial charge in [0, 0.05) is 91.3 Å². The minimum atomic E-state index is -1.42. The molecule has 0 aromatic heterocycles. The van der Waals surface area contributed by atoms with Crippen LogP contribution in [-0.4, -0.2) is 201 Å². The fraction of sp³-hybridized carbons (Fsp3) is 0.863. The average Bonchev–Trinajstić information content (AvgIpc) is 3.82. The van der Waals surface area contributed by atoms with Crippen molar-refractivity contribution in [3.63, 3.8) is 0 Å². The minimum Gasteiger partial charge on any atom is -0.394 e. The molecule has 2 heterocycles. The first kappa shape index (κ1) is 66.0. The number of ether oxygens (including phenoxy) is 5. The summed E-state index contributed by atoms with van der Waals surface area (Å²) in [6.45, 7) is 7.48. The summed E-state index contributed by atoms with van der Waals surface area (Å²) in [4.78, 5) is 89.0. The zero-order chi connectivity index (χ0) is 54.4. The van der Waals surface area contributed by atoms with Crippen molar-refractivity contribution in [2.24, 2.45) is 0 Å². The Bertz CT molecular complexity index is 1590. The van der Waals surface area contributed by atoms with Gasteiger partial charge in [0.1, 0.15) is 29.9 Å². The molecule has 0 saturated carbocycles. The van der Waals surface area contributed by atoms with Gasteiger partial charge in [0.15, 0.2) is 6.29 Å². The number of rotatable bonds is 43. The topological polar surface area (TPSA) is 322 Å². The second-order valence-electron chi connectivity index (χ2n) is 19.4. The van der Waals surface area contributed by atoms with Crippen LogP contribution in [0.1, 0.15) is 149 Å². The zero-order valence-corrected chi connectivity index (χ0v) is 44.6. The van der Waals surface area contributed by atoms with Crippen molar-refractivity contribution in [1.82, 2.24) is 36.8 Å². The zero-order valence-electron chi connectivity index (χ0n) is 44.6. The second-order valence-corrected chi connectivity index (χ2v) is 19.4. The van der Waals surface area contributed by atoms with E-state index in [-0.39, 0.29) is 114 Å². The molecule has 0 spiro atoms. The molecule has 2 rings (SSSR count). The van der Waals surface area contributed by atoms with Crippen LogP contribution in [0.2, 0.25) is 0 Å². The van der Waals surface area contributed by atoms with Crippen molar-refractivity contribution in [3.05, 3.63) is 0 Å². The summed E-state index contributed by atoms with van der Waals surface area (Å²) >= 11 is 0. The molecule has 2 aliphatic heterocycles. The lowest BCUT2D eigenvalue weighted by Gasteiger charge is -2.42. The van der Waals surface area contributed by atoms with E-state index in [0.717, 1.165) is 57.8 Å². The predicted octanol–water partition coefficient (Wildman–Crippen LogP) is 0.361. The fourth-order valence-corrected chi connectivity index (χ4v) is 8.26. The molecule has 0 aromatic carbocycles. The average molecular weight is 1060 g/mol. The van der Waals surface area contributed by atoms with Crippen LogP contribution < -0.4 is 31.9 Å². The van der Waals surface area contributed by atoms with Crippen molar-refractivity contribution in [2.75, 3.05) is 92.1 Å². The summed E-state index contributed by atoms with van der Waals surface area (Å²) in [6, 6.07) is -1.05. The van der Waals surface area contributed by atoms with Gasteiger partial charge in [-0.15, -0.1) is 0 Å². The molecule has 74 heavy (non-hydrogen) atoms. The van der Waals surface area contributed by atoms with Crippen molar-refractivity contribution in [1.29, 1.82) is 0 Å². The maximum Gasteiger partial charge on any atom is 0.222 e. The third-order valence-corrected chi connectivity index (χ3v) is 12.5. The molecular weight excluding hydrogens is 967 g/mol. The van der Waals surface area contributed by atoms with Crippen LogP contribution >= 0.6 is 0 Å². The summed E-state index contributed by atoms with van der Waals surface area (Å²) in [6.07, 6.45) is 6.74. The highest BCUT2D eigenvalue weighted by molar-refractivity contribution is 5.78. The summed E-state index contributed by atoms with van der Waals surface area (Å²) < 4.78 is 29.2. The lowest BCUT2D eigenvalue weighted by molar-refractivity contribution is -0.270. The highest BCUT2D eigenvalue weighted by Gasteiger charge is 2.45. The van der Waals surface area contributed by atoms with Gasteiger partial charge in [-0.25, -0.2) is 0 Å². The molecule has 0 radical (unpaired) electrons. The van der Waals surface area contributed by atoms with Crippen LogP contribution in [0.3, 0.4) is 0 Å². The molecular formula is C51H93N7O16. The van der Waals surface area contributed by atoms with E-state index in [1.807, 2.05) is 13.8 Å². The molecule has 23 nitrogen and oxygen atoms in total. The molecule has 2 fully saturated rings. The van der Waals surface area contributed by atoms with E-state index in [1.165, 1.54) is 6.92 Å². The Hall–Kier alpha value is -4.07. The fourth-order valence-electron chi connectivity index (χ4n) is 8.26. The van der Waals surface area contributed by atoms with E-state index in [9.17, 15) is 54.0 Å². The Balaban J connectivity index is 1.81. The number of nitrogens with zero attached hydrogens (tertiary/aromatic N) is 1. The summed E-state index contributed by atoms with van der Waals surface area (Å²) in [5, 5.41) is 56.6. The van der Waals surface area contributed by atoms with Crippen LogP contribution in [0.15, 0.2) is 0 Å². The first-order valence-corrected chi connectivity index (χ1v) is 27.2. The van der Waals surface area contributed by atoms with Crippen molar-refractivity contribution < 1.29 is 77.7 Å². The van der Waals surface area contributed by atoms with E-state index in [2.05, 4.69) is 31.9 Å². The number of aliphatic hydroxyl groups is 4. The molecule has 2 aliphatic rings.